The van der Waals surface area contributed by atoms with Crippen LogP contribution in [0.2, 0.25) is 0 Å². The molecule has 2 aromatic rings. The fourth-order valence-corrected chi connectivity index (χ4v) is 4.42. The second kappa shape index (κ2) is 9.13. The number of hydrogen-bond acceptors (Lipinski definition) is 3. The number of likely N-dealkylation sites (tertiary alicyclic amines) is 1. The van der Waals surface area contributed by atoms with Gasteiger partial charge in [0.1, 0.15) is 5.75 Å². The molecule has 1 fully saturated rings. The Morgan fingerprint density at radius 3 is 2.38 bits per heavy atom. The molecule has 3 nitrogen and oxygen atoms in total. The van der Waals surface area contributed by atoms with Crippen LogP contribution in [0.15, 0.2) is 59.5 Å². The van der Waals surface area contributed by atoms with Gasteiger partial charge < -0.3 is 9.64 Å². The highest BCUT2D eigenvalue weighted by Gasteiger charge is 2.26. The molecule has 4 heteroatoms. The summed E-state index contributed by atoms with van der Waals surface area (Å²) in [7, 11) is 1.66. The summed E-state index contributed by atoms with van der Waals surface area (Å²) in [6, 6.07) is 18.6. The maximum absolute atomic E-state index is 12.8. The molecule has 1 amide bonds. The topological polar surface area (TPSA) is 29.5 Å². The standard InChI is InChI=1S/C22H27NO2S/c1-17(26-21-10-8-20(25-2)9-11-21)22(24)23-14-12-19(13-15-23)16-18-6-4-3-5-7-18/h3-11,17,19H,12-16H2,1-2H3/t17-/m1/s1. The molecular formula is C22H27NO2S. The van der Waals surface area contributed by atoms with E-state index in [0.29, 0.717) is 5.92 Å². The van der Waals surface area contributed by atoms with Crippen molar-refractivity contribution in [3.05, 3.63) is 60.2 Å². The molecule has 0 spiro atoms. The first-order valence-electron chi connectivity index (χ1n) is 9.29. The quantitative estimate of drug-likeness (QED) is 0.694. The second-order valence-electron chi connectivity index (χ2n) is 6.89. The van der Waals surface area contributed by atoms with Crippen molar-refractivity contribution in [3.63, 3.8) is 0 Å². The van der Waals surface area contributed by atoms with E-state index < -0.39 is 0 Å². The molecule has 2 aromatic carbocycles. The van der Waals surface area contributed by atoms with Crippen molar-refractivity contribution >= 4 is 17.7 Å². The SMILES string of the molecule is COc1ccc(S[C@H](C)C(=O)N2CCC(Cc3ccccc3)CC2)cc1. The summed E-state index contributed by atoms with van der Waals surface area (Å²) in [5.74, 6) is 1.78. The lowest BCUT2D eigenvalue weighted by atomic mass is 9.90. The van der Waals surface area contributed by atoms with Crippen molar-refractivity contribution in [3.8, 4) is 5.75 Å². The van der Waals surface area contributed by atoms with Crippen molar-refractivity contribution in [1.82, 2.24) is 4.90 Å². The first-order valence-corrected chi connectivity index (χ1v) is 10.2. The van der Waals surface area contributed by atoms with Gasteiger partial charge in [-0.05, 0) is 61.9 Å². The number of rotatable bonds is 6. The van der Waals surface area contributed by atoms with Crippen LogP contribution in [-0.2, 0) is 11.2 Å². The van der Waals surface area contributed by atoms with Crippen molar-refractivity contribution in [2.75, 3.05) is 20.2 Å². The summed E-state index contributed by atoms with van der Waals surface area (Å²) in [6.45, 7) is 3.76. The van der Waals surface area contributed by atoms with E-state index in [2.05, 4.69) is 30.3 Å². The Hall–Kier alpha value is -1.94. The van der Waals surface area contributed by atoms with Crippen LogP contribution in [0.5, 0.6) is 5.75 Å². The van der Waals surface area contributed by atoms with Gasteiger partial charge in [-0.3, -0.25) is 4.79 Å². The normalized spacial score (nSPS) is 16.3. The molecule has 1 aliphatic heterocycles. The van der Waals surface area contributed by atoms with Gasteiger partial charge in [0.2, 0.25) is 5.91 Å². The molecule has 0 aliphatic carbocycles. The Morgan fingerprint density at radius 1 is 1.12 bits per heavy atom. The van der Waals surface area contributed by atoms with Crippen LogP contribution in [0.4, 0.5) is 0 Å². The van der Waals surface area contributed by atoms with E-state index in [-0.39, 0.29) is 11.2 Å². The zero-order chi connectivity index (χ0) is 18.4. The third kappa shape index (κ3) is 5.04. The molecule has 1 atom stereocenters. The Kier molecular flexibility index (Phi) is 6.62. The van der Waals surface area contributed by atoms with Gasteiger partial charge in [-0.2, -0.15) is 0 Å². The van der Waals surface area contributed by atoms with Gasteiger partial charge in [0.25, 0.3) is 0 Å². The molecule has 1 saturated heterocycles. The zero-order valence-corrected chi connectivity index (χ0v) is 16.4. The summed E-state index contributed by atoms with van der Waals surface area (Å²) in [6.07, 6.45) is 3.32. The van der Waals surface area contributed by atoms with E-state index >= 15 is 0 Å². The van der Waals surface area contributed by atoms with Gasteiger partial charge in [0, 0.05) is 18.0 Å². The molecule has 1 aliphatic rings. The van der Waals surface area contributed by atoms with Gasteiger partial charge >= 0.3 is 0 Å². The molecule has 0 aromatic heterocycles. The van der Waals surface area contributed by atoms with Crippen LogP contribution in [0.1, 0.15) is 25.3 Å². The van der Waals surface area contributed by atoms with E-state index in [1.165, 1.54) is 5.56 Å². The monoisotopic (exact) mass is 369 g/mol. The minimum atomic E-state index is -0.0610. The van der Waals surface area contributed by atoms with Gasteiger partial charge in [-0.25, -0.2) is 0 Å². The van der Waals surface area contributed by atoms with Crippen LogP contribution >= 0.6 is 11.8 Å². The predicted octanol–water partition coefficient (Wildman–Crippen LogP) is 4.66. The van der Waals surface area contributed by atoms with Crippen LogP contribution < -0.4 is 4.74 Å². The van der Waals surface area contributed by atoms with Crippen LogP contribution in [0.3, 0.4) is 0 Å². The number of hydrogen-bond donors (Lipinski definition) is 0. The highest BCUT2D eigenvalue weighted by Crippen LogP contribution is 2.28. The van der Waals surface area contributed by atoms with E-state index in [4.69, 9.17) is 4.74 Å². The fourth-order valence-electron chi connectivity index (χ4n) is 3.47. The largest absolute Gasteiger partial charge is 0.497 e. The molecule has 0 bridgehead atoms. The Labute approximate surface area is 160 Å². The lowest BCUT2D eigenvalue weighted by molar-refractivity contribution is -0.131. The van der Waals surface area contributed by atoms with E-state index in [1.54, 1.807) is 18.9 Å². The number of carbonyl (C=O) groups excluding carboxylic acids is 1. The van der Waals surface area contributed by atoms with Gasteiger partial charge in [-0.15, -0.1) is 11.8 Å². The summed E-state index contributed by atoms with van der Waals surface area (Å²) in [5, 5.41) is -0.0610. The number of nitrogens with zero attached hydrogens (tertiary/aromatic N) is 1. The predicted molar refractivity (Wildman–Crippen MR) is 108 cm³/mol. The summed E-state index contributed by atoms with van der Waals surface area (Å²) in [5.41, 5.74) is 1.40. The Balaban J connectivity index is 1.47. The number of carbonyl (C=O) groups is 1. The number of ether oxygens (including phenoxy) is 1. The molecule has 0 unspecified atom stereocenters. The smallest absolute Gasteiger partial charge is 0.235 e. The van der Waals surface area contributed by atoms with E-state index in [9.17, 15) is 4.79 Å². The minimum Gasteiger partial charge on any atom is -0.497 e. The zero-order valence-electron chi connectivity index (χ0n) is 15.6. The molecule has 26 heavy (non-hydrogen) atoms. The fraction of sp³-hybridized carbons (Fsp3) is 0.409. The molecule has 0 saturated carbocycles. The first kappa shape index (κ1) is 18.8. The third-order valence-corrected chi connectivity index (χ3v) is 6.11. The lowest BCUT2D eigenvalue weighted by Gasteiger charge is -2.33. The van der Waals surface area contributed by atoms with Crippen molar-refractivity contribution in [2.24, 2.45) is 5.92 Å². The highest BCUT2D eigenvalue weighted by atomic mass is 32.2. The first-order chi connectivity index (χ1) is 12.7. The van der Waals surface area contributed by atoms with E-state index in [1.807, 2.05) is 36.1 Å². The summed E-state index contributed by atoms with van der Waals surface area (Å²) < 4.78 is 5.18. The van der Waals surface area contributed by atoms with Crippen LogP contribution in [0.25, 0.3) is 0 Å². The maximum atomic E-state index is 12.8. The van der Waals surface area contributed by atoms with Crippen molar-refractivity contribution in [2.45, 2.75) is 36.3 Å². The third-order valence-electron chi connectivity index (χ3n) is 5.01. The number of benzene rings is 2. The van der Waals surface area contributed by atoms with Crippen molar-refractivity contribution < 1.29 is 9.53 Å². The molecular weight excluding hydrogens is 342 g/mol. The molecule has 1 heterocycles. The Bertz CT molecular complexity index is 694. The average molecular weight is 370 g/mol. The Morgan fingerprint density at radius 2 is 1.77 bits per heavy atom. The van der Waals surface area contributed by atoms with Crippen LogP contribution in [-0.4, -0.2) is 36.3 Å². The number of methoxy groups -OCH3 is 1. The highest BCUT2D eigenvalue weighted by molar-refractivity contribution is 8.00. The average Bonchev–Trinajstić information content (AvgIpc) is 2.69. The maximum Gasteiger partial charge on any atom is 0.235 e. The number of amides is 1. The number of piperidine rings is 1. The molecule has 0 N–H and O–H groups in total. The minimum absolute atomic E-state index is 0.0610. The van der Waals surface area contributed by atoms with Gasteiger partial charge in [0.15, 0.2) is 0 Å². The second-order valence-corrected chi connectivity index (χ2v) is 8.31. The molecule has 3 rings (SSSR count). The van der Waals surface area contributed by atoms with Crippen molar-refractivity contribution in [1.29, 1.82) is 0 Å². The molecule has 0 radical (unpaired) electrons. The van der Waals surface area contributed by atoms with E-state index in [0.717, 1.165) is 43.0 Å². The van der Waals surface area contributed by atoms with Gasteiger partial charge in [0.05, 0.1) is 12.4 Å². The number of thioether (sulfide) groups is 1. The lowest BCUT2D eigenvalue weighted by Crippen LogP contribution is -2.42. The summed E-state index contributed by atoms with van der Waals surface area (Å²) >= 11 is 1.62. The van der Waals surface area contributed by atoms with Gasteiger partial charge in [-0.1, -0.05) is 30.3 Å². The molecule has 138 valence electrons. The van der Waals surface area contributed by atoms with Crippen LogP contribution in [0, 0.1) is 5.92 Å². The summed E-state index contributed by atoms with van der Waals surface area (Å²) in [4.78, 5) is 15.9.